The SMILES string of the molecule is CCCNC1CCCCCCC1N1CC2CCC(C1)O2. The van der Waals surface area contributed by atoms with E-state index in [1.54, 1.807) is 0 Å². The van der Waals surface area contributed by atoms with Crippen molar-refractivity contribution in [3.8, 4) is 0 Å². The van der Waals surface area contributed by atoms with Gasteiger partial charge in [0.25, 0.3) is 0 Å². The maximum absolute atomic E-state index is 6.03. The number of fused-ring (bicyclic) bond motifs is 2. The van der Waals surface area contributed by atoms with Gasteiger partial charge in [-0.05, 0) is 38.6 Å². The molecular weight excluding hydrogens is 248 g/mol. The minimum atomic E-state index is 0.533. The summed E-state index contributed by atoms with van der Waals surface area (Å²) in [7, 11) is 0. The molecule has 3 nitrogen and oxygen atoms in total. The normalized spacial score (nSPS) is 39.5. The zero-order valence-electron chi connectivity index (χ0n) is 13.2. The van der Waals surface area contributed by atoms with Crippen molar-refractivity contribution in [3.63, 3.8) is 0 Å². The Hall–Kier alpha value is -0.120. The molecule has 3 aliphatic rings. The van der Waals surface area contributed by atoms with Gasteiger partial charge in [-0.1, -0.05) is 32.6 Å². The molecule has 0 aromatic heterocycles. The molecule has 2 aliphatic heterocycles. The first-order valence-corrected chi connectivity index (χ1v) is 8.99. The van der Waals surface area contributed by atoms with E-state index in [1.165, 1.54) is 77.4 Å². The molecule has 20 heavy (non-hydrogen) atoms. The zero-order valence-corrected chi connectivity index (χ0v) is 13.2. The first-order chi connectivity index (χ1) is 9.86. The third-order valence-electron chi connectivity index (χ3n) is 5.43. The van der Waals surface area contributed by atoms with E-state index >= 15 is 0 Å². The van der Waals surface area contributed by atoms with E-state index < -0.39 is 0 Å². The molecule has 1 aliphatic carbocycles. The molecule has 3 fully saturated rings. The van der Waals surface area contributed by atoms with E-state index in [1.807, 2.05) is 0 Å². The quantitative estimate of drug-likeness (QED) is 0.857. The molecular formula is C17H32N2O. The zero-order chi connectivity index (χ0) is 13.8. The van der Waals surface area contributed by atoms with Crippen LogP contribution in [-0.2, 0) is 4.74 Å². The summed E-state index contributed by atoms with van der Waals surface area (Å²) in [6.45, 7) is 5.83. The van der Waals surface area contributed by atoms with Gasteiger partial charge < -0.3 is 10.1 Å². The van der Waals surface area contributed by atoms with Gasteiger partial charge in [-0.2, -0.15) is 0 Å². The smallest absolute Gasteiger partial charge is 0.0707 e. The minimum Gasteiger partial charge on any atom is -0.372 e. The van der Waals surface area contributed by atoms with Gasteiger partial charge in [0.2, 0.25) is 0 Å². The van der Waals surface area contributed by atoms with Crippen LogP contribution in [0.1, 0.15) is 64.7 Å². The van der Waals surface area contributed by atoms with Gasteiger partial charge >= 0.3 is 0 Å². The summed E-state index contributed by atoms with van der Waals surface area (Å²) >= 11 is 0. The predicted octanol–water partition coefficient (Wildman–Crippen LogP) is 2.94. The fraction of sp³-hybridized carbons (Fsp3) is 1.00. The summed E-state index contributed by atoms with van der Waals surface area (Å²) < 4.78 is 6.03. The molecule has 2 saturated heterocycles. The Bertz CT molecular complexity index is 283. The predicted molar refractivity (Wildman–Crippen MR) is 83.0 cm³/mol. The van der Waals surface area contributed by atoms with Gasteiger partial charge in [0.15, 0.2) is 0 Å². The van der Waals surface area contributed by atoms with Crippen molar-refractivity contribution in [2.45, 2.75) is 89.0 Å². The van der Waals surface area contributed by atoms with Crippen molar-refractivity contribution < 1.29 is 4.74 Å². The highest BCUT2D eigenvalue weighted by Gasteiger charge is 2.38. The van der Waals surface area contributed by atoms with Gasteiger partial charge in [-0.15, -0.1) is 0 Å². The average molecular weight is 280 g/mol. The van der Waals surface area contributed by atoms with Crippen molar-refractivity contribution in [3.05, 3.63) is 0 Å². The van der Waals surface area contributed by atoms with E-state index in [0.717, 1.165) is 6.04 Å². The third-order valence-corrected chi connectivity index (χ3v) is 5.43. The molecule has 0 amide bonds. The number of likely N-dealkylation sites (tertiary alicyclic amines) is 1. The Morgan fingerprint density at radius 3 is 2.35 bits per heavy atom. The molecule has 4 atom stereocenters. The van der Waals surface area contributed by atoms with Crippen LogP contribution in [0.4, 0.5) is 0 Å². The summed E-state index contributed by atoms with van der Waals surface area (Å²) in [5.74, 6) is 0. The average Bonchev–Trinajstić information content (AvgIpc) is 2.77. The van der Waals surface area contributed by atoms with E-state index in [4.69, 9.17) is 4.74 Å². The van der Waals surface area contributed by atoms with Gasteiger partial charge in [-0.3, -0.25) is 4.90 Å². The molecule has 0 aromatic carbocycles. The standard InChI is InChI=1S/C17H32N2O/c1-2-11-18-16-7-5-3-4-6-8-17(16)19-12-14-9-10-15(13-19)20-14/h14-18H,2-13H2,1H3. The number of ether oxygens (including phenoxy) is 1. The summed E-state index contributed by atoms with van der Waals surface area (Å²) in [4.78, 5) is 2.78. The second-order valence-electron chi connectivity index (χ2n) is 7.03. The summed E-state index contributed by atoms with van der Waals surface area (Å²) in [5, 5.41) is 3.85. The molecule has 0 radical (unpaired) electrons. The highest BCUT2D eigenvalue weighted by Crippen LogP contribution is 2.31. The minimum absolute atomic E-state index is 0.533. The first-order valence-electron chi connectivity index (χ1n) is 8.99. The van der Waals surface area contributed by atoms with Crippen LogP contribution in [0.3, 0.4) is 0 Å². The Morgan fingerprint density at radius 1 is 0.950 bits per heavy atom. The molecule has 116 valence electrons. The van der Waals surface area contributed by atoms with Gasteiger partial charge in [-0.25, -0.2) is 0 Å². The Labute approximate surface area is 124 Å². The van der Waals surface area contributed by atoms with Crippen LogP contribution in [0.15, 0.2) is 0 Å². The topological polar surface area (TPSA) is 24.5 Å². The molecule has 1 saturated carbocycles. The fourth-order valence-corrected chi connectivity index (χ4v) is 4.39. The van der Waals surface area contributed by atoms with Crippen LogP contribution in [0.2, 0.25) is 0 Å². The van der Waals surface area contributed by atoms with Crippen LogP contribution in [-0.4, -0.2) is 48.8 Å². The number of nitrogens with zero attached hydrogens (tertiary/aromatic N) is 1. The first kappa shape index (κ1) is 14.8. The largest absolute Gasteiger partial charge is 0.372 e. The summed E-state index contributed by atoms with van der Waals surface area (Å²) in [5.41, 5.74) is 0. The lowest BCUT2D eigenvalue weighted by atomic mass is 9.90. The number of nitrogens with one attached hydrogen (secondary N) is 1. The monoisotopic (exact) mass is 280 g/mol. The van der Waals surface area contributed by atoms with E-state index in [9.17, 15) is 0 Å². The molecule has 2 bridgehead atoms. The lowest BCUT2D eigenvalue weighted by Gasteiger charge is -2.42. The van der Waals surface area contributed by atoms with Crippen molar-refractivity contribution in [1.29, 1.82) is 0 Å². The highest BCUT2D eigenvalue weighted by molar-refractivity contribution is 4.93. The van der Waals surface area contributed by atoms with Crippen molar-refractivity contribution in [2.75, 3.05) is 19.6 Å². The molecule has 3 rings (SSSR count). The van der Waals surface area contributed by atoms with E-state index in [-0.39, 0.29) is 0 Å². The van der Waals surface area contributed by atoms with Crippen LogP contribution in [0.5, 0.6) is 0 Å². The Kier molecular flexibility index (Phi) is 5.36. The second-order valence-corrected chi connectivity index (χ2v) is 7.03. The lowest BCUT2D eigenvalue weighted by molar-refractivity contribution is -0.0602. The van der Waals surface area contributed by atoms with Crippen molar-refractivity contribution in [1.82, 2.24) is 10.2 Å². The molecule has 3 heteroatoms. The highest BCUT2D eigenvalue weighted by atomic mass is 16.5. The Balaban J connectivity index is 1.64. The van der Waals surface area contributed by atoms with Crippen LogP contribution in [0.25, 0.3) is 0 Å². The van der Waals surface area contributed by atoms with E-state index in [0.29, 0.717) is 18.2 Å². The van der Waals surface area contributed by atoms with E-state index in [2.05, 4.69) is 17.1 Å². The third kappa shape index (κ3) is 3.55. The maximum Gasteiger partial charge on any atom is 0.0707 e. The second kappa shape index (κ2) is 7.24. The molecule has 0 aromatic rings. The fourth-order valence-electron chi connectivity index (χ4n) is 4.39. The summed E-state index contributed by atoms with van der Waals surface area (Å²) in [6.07, 6.45) is 13.4. The molecule has 0 spiro atoms. The van der Waals surface area contributed by atoms with Crippen molar-refractivity contribution in [2.24, 2.45) is 0 Å². The van der Waals surface area contributed by atoms with Gasteiger partial charge in [0.05, 0.1) is 12.2 Å². The van der Waals surface area contributed by atoms with Crippen molar-refractivity contribution >= 4 is 0 Å². The Morgan fingerprint density at radius 2 is 1.65 bits per heavy atom. The lowest BCUT2D eigenvalue weighted by Crippen LogP contribution is -2.56. The molecule has 1 N–H and O–H groups in total. The van der Waals surface area contributed by atoms with Crippen LogP contribution < -0.4 is 5.32 Å². The van der Waals surface area contributed by atoms with Gasteiger partial charge in [0.1, 0.15) is 0 Å². The maximum atomic E-state index is 6.03. The van der Waals surface area contributed by atoms with Gasteiger partial charge in [0, 0.05) is 25.2 Å². The summed E-state index contributed by atoms with van der Waals surface area (Å²) in [6, 6.07) is 1.47. The number of hydrogen-bond donors (Lipinski definition) is 1. The number of morpholine rings is 1. The van der Waals surface area contributed by atoms with Crippen LogP contribution in [0, 0.1) is 0 Å². The molecule has 2 heterocycles. The van der Waals surface area contributed by atoms with Crippen LogP contribution >= 0.6 is 0 Å². The molecule has 4 unspecified atom stereocenters. The number of hydrogen-bond acceptors (Lipinski definition) is 3. The number of rotatable bonds is 4.